The summed E-state index contributed by atoms with van der Waals surface area (Å²) in [4.78, 5) is 19.4. The van der Waals surface area contributed by atoms with Crippen molar-refractivity contribution in [3.05, 3.63) is 46.5 Å². The minimum Gasteiger partial charge on any atom is -0.435 e. The van der Waals surface area contributed by atoms with Gasteiger partial charge >= 0.3 is 6.61 Å². The number of hydrogen-bond acceptors (Lipinski definition) is 4. The third-order valence-electron chi connectivity index (χ3n) is 2.31. The molecule has 0 bridgehead atoms. The van der Waals surface area contributed by atoms with Crippen molar-refractivity contribution in [2.45, 2.75) is 6.61 Å². The summed E-state index contributed by atoms with van der Waals surface area (Å²) in [5, 5.41) is 2.33. The molecule has 0 unspecified atom stereocenters. The van der Waals surface area contributed by atoms with Gasteiger partial charge in [0.1, 0.15) is 17.8 Å². The van der Waals surface area contributed by atoms with Crippen LogP contribution in [0.25, 0.3) is 0 Å². The highest BCUT2D eigenvalue weighted by Crippen LogP contribution is 2.26. The second-order valence-corrected chi connectivity index (χ2v) is 4.41. The van der Waals surface area contributed by atoms with Crippen LogP contribution in [0.3, 0.4) is 0 Å². The van der Waals surface area contributed by atoms with Crippen LogP contribution in [0.2, 0.25) is 10.3 Å². The number of nitrogens with zero attached hydrogens (tertiary/aromatic N) is 2. The first kappa shape index (κ1) is 15.4. The number of hydrogen-bond donors (Lipinski definition) is 1. The van der Waals surface area contributed by atoms with Crippen molar-refractivity contribution in [2.75, 3.05) is 5.32 Å². The molecular formula is C12H7Cl2F2N3O2. The van der Waals surface area contributed by atoms with Crippen LogP contribution in [-0.2, 0) is 0 Å². The van der Waals surface area contributed by atoms with E-state index in [1.54, 1.807) is 0 Å². The number of benzene rings is 1. The Morgan fingerprint density at radius 3 is 2.52 bits per heavy atom. The lowest BCUT2D eigenvalue weighted by atomic mass is 10.2. The van der Waals surface area contributed by atoms with Crippen molar-refractivity contribution in [1.82, 2.24) is 9.97 Å². The van der Waals surface area contributed by atoms with Gasteiger partial charge in [-0.2, -0.15) is 8.78 Å². The van der Waals surface area contributed by atoms with E-state index in [-0.39, 0.29) is 27.3 Å². The fourth-order valence-electron chi connectivity index (χ4n) is 1.45. The minimum atomic E-state index is -2.98. The van der Waals surface area contributed by atoms with E-state index >= 15 is 0 Å². The van der Waals surface area contributed by atoms with Crippen LogP contribution in [0.4, 0.5) is 14.5 Å². The maximum Gasteiger partial charge on any atom is 0.387 e. The van der Waals surface area contributed by atoms with Gasteiger partial charge in [-0.3, -0.25) is 4.79 Å². The molecule has 0 aliphatic carbocycles. The number of amides is 1. The van der Waals surface area contributed by atoms with Crippen LogP contribution in [0.1, 0.15) is 10.4 Å². The van der Waals surface area contributed by atoms with E-state index in [1.165, 1.54) is 18.2 Å². The molecular weight excluding hydrogens is 327 g/mol. The summed E-state index contributed by atoms with van der Waals surface area (Å²) in [5.74, 6) is -0.757. The van der Waals surface area contributed by atoms with Gasteiger partial charge in [-0.05, 0) is 18.2 Å². The summed E-state index contributed by atoms with van der Waals surface area (Å²) in [6, 6.07) is 5.28. The number of anilines is 1. The number of ether oxygens (including phenoxy) is 1. The zero-order chi connectivity index (χ0) is 15.4. The Kier molecular flexibility index (Phi) is 4.87. The second kappa shape index (κ2) is 6.64. The summed E-state index contributed by atoms with van der Waals surface area (Å²) >= 11 is 11.6. The van der Waals surface area contributed by atoms with E-state index in [9.17, 15) is 13.6 Å². The van der Waals surface area contributed by atoms with Crippen molar-refractivity contribution < 1.29 is 18.3 Å². The molecule has 0 spiro atoms. The van der Waals surface area contributed by atoms with E-state index in [4.69, 9.17) is 23.2 Å². The zero-order valence-corrected chi connectivity index (χ0v) is 11.7. The van der Waals surface area contributed by atoms with Crippen molar-refractivity contribution in [3.63, 3.8) is 0 Å². The van der Waals surface area contributed by atoms with Gasteiger partial charge in [0.05, 0.1) is 0 Å². The van der Waals surface area contributed by atoms with Crippen molar-refractivity contribution in [3.8, 4) is 5.75 Å². The Hall–Kier alpha value is -1.99. The predicted molar refractivity (Wildman–Crippen MR) is 73.1 cm³/mol. The third kappa shape index (κ3) is 3.99. The summed E-state index contributed by atoms with van der Waals surface area (Å²) in [7, 11) is 0. The van der Waals surface area contributed by atoms with Crippen molar-refractivity contribution >= 4 is 34.8 Å². The number of nitrogens with one attached hydrogen (secondary N) is 1. The molecule has 0 saturated heterocycles. The molecule has 1 amide bonds. The van der Waals surface area contributed by atoms with Gasteiger partial charge in [0, 0.05) is 5.56 Å². The average Bonchev–Trinajstić information content (AvgIpc) is 2.42. The van der Waals surface area contributed by atoms with Crippen LogP contribution in [-0.4, -0.2) is 22.5 Å². The Morgan fingerprint density at radius 2 is 1.90 bits per heavy atom. The Balaban J connectivity index is 2.21. The summed E-state index contributed by atoms with van der Waals surface area (Å²) in [5.41, 5.74) is 0.121. The lowest BCUT2D eigenvalue weighted by Gasteiger charge is -2.09. The van der Waals surface area contributed by atoms with Crippen molar-refractivity contribution in [2.24, 2.45) is 0 Å². The van der Waals surface area contributed by atoms with Crippen molar-refractivity contribution in [1.29, 1.82) is 0 Å². The monoisotopic (exact) mass is 333 g/mol. The Bertz CT molecular complexity index is 650. The van der Waals surface area contributed by atoms with Crippen LogP contribution in [0.5, 0.6) is 5.75 Å². The molecule has 21 heavy (non-hydrogen) atoms. The standard InChI is InChI=1S/C12H7Cl2F2N3O2/c13-9-8(10(14)18-5-17-9)19-11(20)6-2-1-3-7(4-6)21-12(15)16/h1-5,12H,(H,19,20). The molecule has 110 valence electrons. The molecule has 5 nitrogen and oxygen atoms in total. The smallest absolute Gasteiger partial charge is 0.387 e. The van der Waals surface area contributed by atoms with Crippen LogP contribution < -0.4 is 10.1 Å². The molecule has 0 aliphatic rings. The summed E-state index contributed by atoms with van der Waals surface area (Å²) in [6.45, 7) is -2.98. The number of aromatic nitrogens is 2. The van der Waals surface area contributed by atoms with Crippen LogP contribution in [0.15, 0.2) is 30.6 Å². The number of carbonyl (C=O) groups excluding carboxylic acids is 1. The van der Waals surface area contributed by atoms with Gasteiger partial charge in [-0.1, -0.05) is 29.3 Å². The van der Waals surface area contributed by atoms with Gasteiger partial charge in [0.2, 0.25) is 0 Å². The van der Waals surface area contributed by atoms with Gasteiger partial charge in [0.15, 0.2) is 10.3 Å². The minimum absolute atomic E-state index is 0.0333. The first-order valence-electron chi connectivity index (χ1n) is 5.49. The number of alkyl halides is 2. The normalized spacial score (nSPS) is 10.5. The summed E-state index contributed by atoms with van der Waals surface area (Å²) < 4.78 is 28.5. The largest absolute Gasteiger partial charge is 0.435 e. The molecule has 0 fully saturated rings. The zero-order valence-electron chi connectivity index (χ0n) is 10.2. The molecule has 2 rings (SSSR count). The number of rotatable bonds is 4. The first-order valence-corrected chi connectivity index (χ1v) is 6.25. The molecule has 1 N–H and O–H groups in total. The van der Waals surface area contributed by atoms with E-state index in [0.29, 0.717) is 0 Å². The number of carbonyl (C=O) groups is 1. The van der Waals surface area contributed by atoms with E-state index in [1.807, 2.05) is 0 Å². The molecule has 9 heteroatoms. The van der Waals surface area contributed by atoms with E-state index < -0.39 is 12.5 Å². The molecule has 0 atom stereocenters. The Labute approximate surface area is 127 Å². The molecule has 1 aromatic carbocycles. The van der Waals surface area contributed by atoms with E-state index in [2.05, 4.69) is 20.0 Å². The predicted octanol–water partition coefficient (Wildman–Crippen LogP) is 3.64. The maximum absolute atomic E-state index is 12.1. The molecule has 2 aromatic rings. The summed E-state index contributed by atoms with van der Waals surface area (Å²) in [6.07, 6.45) is 1.14. The average molecular weight is 334 g/mol. The van der Waals surface area contributed by atoms with E-state index in [0.717, 1.165) is 12.4 Å². The maximum atomic E-state index is 12.1. The Morgan fingerprint density at radius 1 is 1.24 bits per heavy atom. The SMILES string of the molecule is O=C(Nc1c(Cl)ncnc1Cl)c1cccc(OC(F)F)c1. The van der Waals surface area contributed by atoms with Gasteiger partial charge < -0.3 is 10.1 Å². The van der Waals surface area contributed by atoms with Gasteiger partial charge in [0.25, 0.3) is 5.91 Å². The first-order chi connectivity index (χ1) is 9.97. The molecule has 0 aliphatic heterocycles. The fourth-order valence-corrected chi connectivity index (χ4v) is 1.86. The molecule has 0 saturated carbocycles. The molecule has 1 aromatic heterocycles. The van der Waals surface area contributed by atoms with Crippen LogP contribution >= 0.6 is 23.2 Å². The lowest BCUT2D eigenvalue weighted by Crippen LogP contribution is -2.13. The fraction of sp³-hybridized carbons (Fsp3) is 0.0833. The highest BCUT2D eigenvalue weighted by Gasteiger charge is 2.14. The molecule has 1 heterocycles. The number of halogens is 4. The molecule has 0 radical (unpaired) electrons. The van der Waals surface area contributed by atoms with Crippen LogP contribution in [0, 0.1) is 0 Å². The topological polar surface area (TPSA) is 64.1 Å². The second-order valence-electron chi connectivity index (χ2n) is 3.69. The lowest BCUT2D eigenvalue weighted by molar-refractivity contribution is -0.0498. The quantitative estimate of drug-likeness (QED) is 0.867. The highest BCUT2D eigenvalue weighted by atomic mass is 35.5. The third-order valence-corrected chi connectivity index (χ3v) is 2.89. The van der Waals surface area contributed by atoms with Gasteiger partial charge in [-0.15, -0.1) is 0 Å². The van der Waals surface area contributed by atoms with Gasteiger partial charge in [-0.25, -0.2) is 9.97 Å². The highest BCUT2D eigenvalue weighted by molar-refractivity contribution is 6.38.